The Labute approximate surface area is 196 Å². The number of amides is 3. The van der Waals surface area contributed by atoms with Crippen LogP contribution in [0.4, 0.5) is 0 Å². The van der Waals surface area contributed by atoms with Crippen molar-refractivity contribution in [3.8, 4) is 0 Å². The number of halogens is 2. The van der Waals surface area contributed by atoms with Gasteiger partial charge >= 0.3 is 0 Å². The van der Waals surface area contributed by atoms with Crippen molar-refractivity contribution in [2.24, 2.45) is 17.8 Å². The Morgan fingerprint density at radius 3 is 2.38 bits per heavy atom. The molecular weight excluding hydrogens is 451 g/mol. The molecule has 1 aliphatic carbocycles. The molecule has 166 valence electrons. The first-order valence-electron chi connectivity index (χ1n) is 10.5. The van der Waals surface area contributed by atoms with Crippen molar-refractivity contribution in [2.45, 2.75) is 26.2 Å². The van der Waals surface area contributed by atoms with Gasteiger partial charge in [0.1, 0.15) is 6.54 Å². The number of carbonyl (C=O) groups excluding carboxylic acids is 4. The third kappa shape index (κ3) is 4.17. The van der Waals surface area contributed by atoms with E-state index in [4.69, 9.17) is 23.2 Å². The standard InChI is InChI=1S/C24H22Cl2N2O4/c1-14-7-9-17-19(11-14)24(32)28(23(17)31)27(13-21(29)15-5-3-2-4-6-15)22(30)18-10-8-16(25)12-20(18)26/h2-6,8,10,12,14,17,19H,7,9,11,13H2,1H3/t14-,17-,19-/m1/s1. The Morgan fingerprint density at radius 2 is 1.69 bits per heavy atom. The zero-order chi connectivity index (χ0) is 23.0. The molecule has 1 saturated carbocycles. The number of nitrogens with zero attached hydrogens (tertiary/aromatic N) is 2. The van der Waals surface area contributed by atoms with Crippen molar-refractivity contribution in [3.63, 3.8) is 0 Å². The summed E-state index contributed by atoms with van der Waals surface area (Å²) in [6.45, 7) is 1.58. The van der Waals surface area contributed by atoms with E-state index in [2.05, 4.69) is 0 Å². The molecule has 6 nitrogen and oxygen atoms in total. The highest BCUT2D eigenvalue weighted by molar-refractivity contribution is 6.36. The molecule has 0 spiro atoms. The van der Waals surface area contributed by atoms with Crippen LogP contribution in [0.5, 0.6) is 0 Å². The molecule has 1 saturated heterocycles. The van der Waals surface area contributed by atoms with E-state index < -0.39 is 41.9 Å². The molecule has 2 aromatic rings. The highest BCUT2D eigenvalue weighted by Gasteiger charge is 2.52. The Hall–Kier alpha value is -2.70. The maximum atomic E-state index is 13.5. The minimum Gasteiger partial charge on any atom is -0.292 e. The third-order valence-electron chi connectivity index (χ3n) is 6.19. The summed E-state index contributed by atoms with van der Waals surface area (Å²) < 4.78 is 0. The van der Waals surface area contributed by atoms with Gasteiger partial charge in [0.05, 0.1) is 22.4 Å². The highest BCUT2D eigenvalue weighted by atomic mass is 35.5. The van der Waals surface area contributed by atoms with E-state index in [9.17, 15) is 19.2 Å². The van der Waals surface area contributed by atoms with E-state index in [0.717, 1.165) is 16.4 Å². The van der Waals surface area contributed by atoms with E-state index in [0.29, 0.717) is 29.3 Å². The minimum atomic E-state index is -0.704. The van der Waals surface area contributed by atoms with Crippen LogP contribution in [0.1, 0.15) is 46.9 Å². The predicted octanol–water partition coefficient (Wildman–Crippen LogP) is 4.65. The number of carbonyl (C=O) groups is 4. The van der Waals surface area contributed by atoms with Crippen LogP contribution in [0.25, 0.3) is 0 Å². The number of benzene rings is 2. The molecule has 1 aliphatic heterocycles. The van der Waals surface area contributed by atoms with Gasteiger partial charge in [0.15, 0.2) is 5.78 Å². The first-order chi connectivity index (χ1) is 15.3. The fourth-order valence-electron chi connectivity index (χ4n) is 4.50. The average molecular weight is 473 g/mol. The molecule has 2 fully saturated rings. The Morgan fingerprint density at radius 1 is 1.00 bits per heavy atom. The molecule has 0 aromatic heterocycles. The number of fused-ring (bicyclic) bond motifs is 1. The van der Waals surface area contributed by atoms with Crippen LogP contribution >= 0.6 is 23.2 Å². The lowest BCUT2D eigenvalue weighted by Gasteiger charge is -2.30. The van der Waals surface area contributed by atoms with Gasteiger partial charge in [-0.1, -0.05) is 60.5 Å². The second-order valence-corrected chi connectivity index (χ2v) is 9.24. The molecule has 1 heterocycles. The molecule has 8 heteroatoms. The van der Waals surface area contributed by atoms with E-state index in [1.165, 1.54) is 18.2 Å². The Bertz CT molecular complexity index is 1090. The van der Waals surface area contributed by atoms with Gasteiger partial charge in [-0.05, 0) is 43.4 Å². The molecule has 2 aliphatic rings. The van der Waals surface area contributed by atoms with Crippen LogP contribution in [-0.4, -0.2) is 40.1 Å². The van der Waals surface area contributed by atoms with Crippen LogP contribution in [-0.2, 0) is 9.59 Å². The third-order valence-corrected chi connectivity index (χ3v) is 6.74. The average Bonchev–Trinajstić information content (AvgIpc) is 3.01. The van der Waals surface area contributed by atoms with Gasteiger partial charge in [0.25, 0.3) is 17.7 Å². The summed E-state index contributed by atoms with van der Waals surface area (Å²) in [7, 11) is 0. The summed E-state index contributed by atoms with van der Waals surface area (Å²) >= 11 is 12.2. The summed E-state index contributed by atoms with van der Waals surface area (Å²) in [6, 6.07) is 12.7. The van der Waals surface area contributed by atoms with Gasteiger partial charge in [-0.15, -0.1) is 0 Å². The highest BCUT2D eigenvalue weighted by Crippen LogP contribution is 2.41. The second kappa shape index (κ2) is 9.04. The first kappa shape index (κ1) is 22.5. The number of rotatable bonds is 5. The number of imide groups is 1. The van der Waals surface area contributed by atoms with Gasteiger partial charge < -0.3 is 0 Å². The van der Waals surface area contributed by atoms with E-state index in [-0.39, 0.29) is 10.6 Å². The molecular formula is C24H22Cl2N2O4. The predicted molar refractivity (Wildman–Crippen MR) is 120 cm³/mol. The van der Waals surface area contributed by atoms with Gasteiger partial charge in [-0.3, -0.25) is 19.2 Å². The van der Waals surface area contributed by atoms with Crippen molar-refractivity contribution < 1.29 is 19.2 Å². The summed E-state index contributed by atoms with van der Waals surface area (Å²) in [4.78, 5) is 53.0. The topological polar surface area (TPSA) is 74.8 Å². The summed E-state index contributed by atoms with van der Waals surface area (Å²) in [6.07, 6.45) is 2.01. The lowest BCUT2D eigenvalue weighted by molar-refractivity contribution is -0.154. The lowest BCUT2D eigenvalue weighted by atomic mass is 9.76. The van der Waals surface area contributed by atoms with Crippen LogP contribution < -0.4 is 0 Å². The molecule has 0 bridgehead atoms. The van der Waals surface area contributed by atoms with Gasteiger partial charge in [-0.2, -0.15) is 5.01 Å². The molecule has 32 heavy (non-hydrogen) atoms. The summed E-state index contributed by atoms with van der Waals surface area (Å²) in [5.74, 6) is -2.61. The summed E-state index contributed by atoms with van der Waals surface area (Å²) in [5, 5.41) is 2.23. The zero-order valence-corrected chi connectivity index (χ0v) is 19.0. The van der Waals surface area contributed by atoms with Crippen molar-refractivity contribution >= 4 is 46.7 Å². The number of hydrazine groups is 1. The number of Topliss-reactive ketones (excluding diaryl/α,β-unsaturated/α-hetero) is 1. The van der Waals surface area contributed by atoms with Crippen molar-refractivity contribution in [1.29, 1.82) is 0 Å². The molecule has 3 atom stereocenters. The van der Waals surface area contributed by atoms with Crippen molar-refractivity contribution in [3.05, 3.63) is 69.7 Å². The second-order valence-electron chi connectivity index (χ2n) is 8.40. The van der Waals surface area contributed by atoms with Crippen LogP contribution in [0, 0.1) is 17.8 Å². The Balaban J connectivity index is 1.72. The summed E-state index contributed by atoms with van der Waals surface area (Å²) in [5.41, 5.74) is 0.429. The molecule has 0 N–H and O–H groups in total. The van der Waals surface area contributed by atoms with Crippen LogP contribution in [0.2, 0.25) is 10.0 Å². The smallest absolute Gasteiger partial charge is 0.274 e. The monoisotopic (exact) mass is 472 g/mol. The van der Waals surface area contributed by atoms with Crippen molar-refractivity contribution in [1.82, 2.24) is 10.0 Å². The van der Waals surface area contributed by atoms with Crippen LogP contribution in [0.15, 0.2) is 48.5 Å². The maximum absolute atomic E-state index is 13.5. The SMILES string of the molecule is C[C@@H]1CC[C@H]2C(=O)N(N(CC(=O)c3ccccc3)C(=O)c3ccc(Cl)cc3Cl)C(=O)[C@@H]2C1. The largest absolute Gasteiger partial charge is 0.292 e. The molecule has 3 amide bonds. The van der Waals surface area contributed by atoms with E-state index in [1.807, 2.05) is 6.92 Å². The minimum absolute atomic E-state index is 0.0563. The molecule has 0 unspecified atom stereocenters. The lowest BCUT2D eigenvalue weighted by Crippen LogP contribution is -2.52. The van der Waals surface area contributed by atoms with E-state index >= 15 is 0 Å². The zero-order valence-electron chi connectivity index (χ0n) is 17.5. The fraction of sp³-hybridized carbons (Fsp3) is 0.333. The quantitative estimate of drug-likeness (QED) is 0.468. The Kier molecular flexibility index (Phi) is 6.35. The van der Waals surface area contributed by atoms with E-state index in [1.54, 1.807) is 30.3 Å². The number of hydrogen-bond donors (Lipinski definition) is 0. The fourth-order valence-corrected chi connectivity index (χ4v) is 4.99. The number of hydrogen-bond acceptors (Lipinski definition) is 4. The van der Waals surface area contributed by atoms with Gasteiger partial charge in [0.2, 0.25) is 0 Å². The van der Waals surface area contributed by atoms with Gasteiger partial charge in [-0.25, -0.2) is 5.01 Å². The number of ketones is 1. The molecule has 4 rings (SSSR count). The van der Waals surface area contributed by atoms with Gasteiger partial charge in [0, 0.05) is 10.6 Å². The normalized spacial score (nSPS) is 22.6. The maximum Gasteiger partial charge on any atom is 0.274 e. The molecule has 0 radical (unpaired) electrons. The first-order valence-corrected chi connectivity index (χ1v) is 11.3. The van der Waals surface area contributed by atoms with Crippen LogP contribution in [0.3, 0.4) is 0 Å². The van der Waals surface area contributed by atoms with Crippen molar-refractivity contribution in [2.75, 3.05) is 6.54 Å². The molecule has 2 aromatic carbocycles.